The fourth-order valence-electron chi connectivity index (χ4n) is 1.62. The van der Waals surface area contributed by atoms with Crippen LogP contribution in [0, 0.1) is 5.82 Å². The van der Waals surface area contributed by atoms with Gasteiger partial charge in [-0.05, 0) is 24.5 Å². The van der Waals surface area contributed by atoms with Crippen LogP contribution in [0.2, 0.25) is 0 Å². The number of hydrogen-bond acceptors (Lipinski definition) is 2. The van der Waals surface area contributed by atoms with Crippen LogP contribution < -0.4 is 10.1 Å². The molecule has 2 nitrogen and oxygen atoms in total. The van der Waals surface area contributed by atoms with Crippen LogP contribution in [-0.4, -0.2) is 13.7 Å². The third-order valence-corrected chi connectivity index (χ3v) is 2.32. The maximum Gasteiger partial charge on any atom is 0.165 e. The standard InChI is InChI=1S/C10H12FNO/c1-13-10-6-9-7(5-8(10)11)3-2-4-12-9/h5-6,12H,2-4H2,1H3. The van der Waals surface area contributed by atoms with Crippen molar-refractivity contribution in [1.29, 1.82) is 0 Å². The zero-order chi connectivity index (χ0) is 9.26. The quantitative estimate of drug-likeness (QED) is 0.717. The molecule has 0 aromatic heterocycles. The molecule has 70 valence electrons. The van der Waals surface area contributed by atoms with E-state index in [4.69, 9.17) is 4.74 Å². The summed E-state index contributed by atoms with van der Waals surface area (Å²) in [6.45, 7) is 0.960. The Morgan fingerprint density at radius 1 is 1.46 bits per heavy atom. The molecule has 2 rings (SSSR count). The summed E-state index contributed by atoms with van der Waals surface area (Å²) < 4.78 is 18.1. The molecule has 1 heterocycles. The number of hydrogen-bond donors (Lipinski definition) is 1. The zero-order valence-corrected chi connectivity index (χ0v) is 7.56. The largest absolute Gasteiger partial charge is 0.494 e. The van der Waals surface area contributed by atoms with Crippen molar-refractivity contribution < 1.29 is 9.13 Å². The van der Waals surface area contributed by atoms with Gasteiger partial charge in [-0.25, -0.2) is 4.39 Å². The van der Waals surface area contributed by atoms with Crippen molar-refractivity contribution in [1.82, 2.24) is 0 Å². The van der Waals surface area contributed by atoms with Crippen LogP contribution >= 0.6 is 0 Å². The highest BCUT2D eigenvalue weighted by Gasteiger charge is 2.12. The smallest absolute Gasteiger partial charge is 0.165 e. The minimum Gasteiger partial charge on any atom is -0.494 e. The predicted octanol–water partition coefficient (Wildman–Crippen LogP) is 2.19. The molecule has 0 aliphatic carbocycles. The first-order valence-corrected chi connectivity index (χ1v) is 4.41. The molecule has 3 heteroatoms. The summed E-state index contributed by atoms with van der Waals surface area (Å²) in [7, 11) is 1.48. The van der Waals surface area contributed by atoms with Crippen molar-refractivity contribution in [2.75, 3.05) is 19.0 Å². The molecule has 0 saturated heterocycles. The first kappa shape index (κ1) is 8.35. The van der Waals surface area contributed by atoms with Crippen molar-refractivity contribution in [2.45, 2.75) is 12.8 Å². The van der Waals surface area contributed by atoms with Gasteiger partial charge < -0.3 is 10.1 Å². The van der Waals surface area contributed by atoms with Crippen LogP contribution in [0.15, 0.2) is 12.1 Å². The molecule has 1 aliphatic rings. The molecule has 0 saturated carbocycles. The van der Waals surface area contributed by atoms with Gasteiger partial charge in [-0.15, -0.1) is 0 Å². The van der Waals surface area contributed by atoms with Crippen molar-refractivity contribution >= 4 is 5.69 Å². The highest BCUT2D eigenvalue weighted by atomic mass is 19.1. The predicted molar refractivity (Wildman–Crippen MR) is 49.8 cm³/mol. The van der Waals surface area contributed by atoms with Gasteiger partial charge in [0.25, 0.3) is 0 Å². The van der Waals surface area contributed by atoms with Crippen molar-refractivity contribution in [3.63, 3.8) is 0 Å². The molecule has 0 atom stereocenters. The Kier molecular flexibility index (Phi) is 2.08. The van der Waals surface area contributed by atoms with Gasteiger partial charge in [0.05, 0.1) is 7.11 Å². The van der Waals surface area contributed by atoms with Crippen LogP contribution in [-0.2, 0) is 6.42 Å². The number of aryl methyl sites for hydroxylation is 1. The van der Waals surface area contributed by atoms with Crippen LogP contribution in [0.3, 0.4) is 0 Å². The van der Waals surface area contributed by atoms with Gasteiger partial charge in [0.15, 0.2) is 11.6 Å². The highest BCUT2D eigenvalue weighted by Crippen LogP contribution is 2.29. The van der Waals surface area contributed by atoms with Gasteiger partial charge in [0, 0.05) is 18.3 Å². The average molecular weight is 181 g/mol. The summed E-state index contributed by atoms with van der Waals surface area (Å²) in [6, 6.07) is 3.28. The molecule has 1 N–H and O–H groups in total. The van der Waals surface area contributed by atoms with Crippen molar-refractivity contribution in [2.24, 2.45) is 0 Å². The lowest BCUT2D eigenvalue weighted by molar-refractivity contribution is 0.386. The first-order chi connectivity index (χ1) is 6.31. The van der Waals surface area contributed by atoms with Crippen LogP contribution in [0.1, 0.15) is 12.0 Å². The maximum absolute atomic E-state index is 13.2. The summed E-state index contributed by atoms with van der Waals surface area (Å²) in [5, 5.41) is 3.22. The second kappa shape index (κ2) is 3.24. The second-order valence-corrected chi connectivity index (χ2v) is 3.17. The van der Waals surface area contributed by atoms with Crippen LogP contribution in [0.25, 0.3) is 0 Å². The zero-order valence-electron chi connectivity index (χ0n) is 7.56. The third-order valence-electron chi connectivity index (χ3n) is 2.32. The van der Waals surface area contributed by atoms with E-state index in [0.29, 0.717) is 5.75 Å². The number of rotatable bonds is 1. The number of fused-ring (bicyclic) bond motifs is 1. The maximum atomic E-state index is 13.2. The lowest BCUT2D eigenvalue weighted by Gasteiger charge is -2.18. The Morgan fingerprint density at radius 3 is 3.08 bits per heavy atom. The Bertz CT molecular complexity index is 325. The minimum absolute atomic E-state index is 0.273. The molecule has 1 aromatic rings. The summed E-state index contributed by atoms with van der Waals surface area (Å²) in [6.07, 6.45) is 2.02. The van der Waals surface area contributed by atoms with E-state index in [1.807, 2.05) is 0 Å². The number of methoxy groups -OCH3 is 1. The second-order valence-electron chi connectivity index (χ2n) is 3.17. The normalized spacial score (nSPS) is 14.6. The molecule has 1 aromatic carbocycles. The summed E-state index contributed by atoms with van der Waals surface area (Å²) >= 11 is 0. The molecule has 13 heavy (non-hydrogen) atoms. The monoisotopic (exact) mass is 181 g/mol. The summed E-state index contributed by atoms with van der Waals surface area (Å²) in [5.41, 5.74) is 2.05. The Balaban J connectivity index is 2.44. The number of benzene rings is 1. The number of halogens is 1. The van der Waals surface area contributed by atoms with E-state index in [0.717, 1.165) is 30.6 Å². The van der Waals surface area contributed by atoms with E-state index in [1.54, 1.807) is 12.1 Å². The van der Waals surface area contributed by atoms with Crippen LogP contribution in [0.4, 0.5) is 10.1 Å². The molecule has 0 unspecified atom stereocenters. The lowest BCUT2D eigenvalue weighted by atomic mass is 10.0. The van der Waals surface area contributed by atoms with E-state index in [2.05, 4.69) is 5.32 Å². The molecule has 0 bridgehead atoms. The van der Waals surface area contributed by atoms with Gasteiger partial charge >= 0.3 is 0 Å². The number of anilines is 1. The fourth-order valence-corrected chi connectivity index (χ4v) is 1.62. The van der Waals surface area contributed by atoms with Gasteiger partial charge in [-0.3, -0.25) is 0 Å². The molecular formula is C10H12FNO. The summed E-state index contributed by atoms with van der Waals surface area (Å²) in [4.78, 5) is 0. The van der Waals surface area contributed by atoms with E-state index >= 15 is 0 Å². The molecular weight excluding hydrogens is 169 g/mol. The van der Waals surface area contributed by atoms with Gasteiger partial charge in [0.2, 0.25) is 0 Å². The van der Waals surface area contributed by atoms with E-state index < -0.39 is 0 Å². The van der Waals surface area contributed by atoms with Crippen molar-refractivity contribution in [3.8, 4) is 5.75 Å². The molecule has 0 amide bonds. The van der Waals surface area contributed by atoms with E-state index in [9.17, 15) is 4.39 Å². The molecule has 1 aliphatic heterocycles. The topological polar surface area (TPSA) is 21.3 Å². The Morgan fingerprint density at radius 2 is 2.31 bits per heavy atom. The van der Waals surface area contributed by atoms with Gasteiger partial charge in [-0.2, -0.15) is 0 Å². The highest BCUT2D eigenvalue weighted by molar-refractivity contribution is 5.57. The third kappa shape index (κ3) is 1.46. The average Bonchev–Trinajstić information content (AvgIpc) is 2.17. The lowest BCUT2D eigenvalue weighted by Crippen LogP contribution is -2.12. The van der Waals surface area contributed by atoms with E-state index in [1.165, 1.54) is 7.11 Å². The van der Waals surface area contributed by atoms with Crippen LogP contribution in [0.5, 0.6) is 5.75 Å². The fraction of sp³-hybridized carbons (Fsp3) is 0.400. The van der Waals surface area contributed by atoms with E-state index in [-0.39, 0.29) is 5.82 Å². The Hall–Kier alpha value is -1.25. The van der Waals surface area contributed by atoms with Crippen molar-refractivity contribution in [3.05, 3.63) is 23.5 Å². The molecule has 0 spiro atoms. The molecule has 0 radical (unpaired) electrons. The minimum atomic E-state index is -0.273. The number of ether oxygens (including phenoxy) is 1. The number of nitrogens with one attached hydrogen (secondary N) is 1. The first-order valence-electron chi connectivity index (χ1n) is 4.41. The van der Waals surface area contributed by atoms with Gasteiger partial charge in [-0.1, -0.05) is 0 Å². The SMILES string of the molecule is COc1cc2c(cc1F)CCCN2. The molecule has 0 fully saturated rings. The Labute approximate surface area is 76.7 Å². The summed E-state index contributed by atoms with van der Waals surface area (Å²) in [5.74, 6) is 0.0399. The van der Waals surface area contributed by atoms with Gasteiger partial charge in [0.1, 0.15) is 0 Å².